The standard InChI is InChI=1S/C17H22O4/c1-4-20-17(19)16(11(2)3)21-14-10-6-8-12-7-5-9-13(18)15(12)14/h6,8,10-11,16H,4-5,7,9H2,1-3H3. The van der Waals surface area contributed by atoms with Crippen molar-refractivity contribution in [3.63, 3.8) is 0 Å². The first-order valence-corrected chi connectivity index (χ1v) is 7.53. The number of ether oxygens (including phenoxy) is 2. The predicted octanol–water partition coefficient (Wildman–Crippen LogP) is 3.17. The topological polar surface area (TPSA) is 52.6 Å². The summed E-state index contributed by atoms with van der Waals surface area (Å²) in [6.07, 6.45) is 1.61. The fourth-order valence-electron chi connectivity index (χ4n) is 2.58. The molecule has 0 heterocycles. The summed E-state index contributed by atoms with van der Waals surface area (Å²) in [5.74, 6) is 0.189. The Morgan fingerprint density at radius 3 is 2.71 bits per heavy atom. The van der Waals surface area contributed by atoms with E-state index in [9.17, 15) is 9.59 Å². The number of carbonyl (C=O) groups is 2. The predicted molar refractivity (Wildman–Crippen MR) is 79.6 cm³/mol. The lowest BCUT2D eigenvalue weighted by molar-refractivity contribution is -0.153. The number of Topliss-reactive ketones (excluding diaryl/α,β-unsaturated/α-hetero) is 1. The van der Waals surface area contributed by atoms with Crippen LogP contribution in [-0.4, -0.2) is 24.5 Å². The van der Waals surface area contributed by atoms with Gasteiger partial charge in [-0.05, 0) is 31.4 Å². The largest absolute Gasteiger partial charge is 0.478 e. The van der Waals surface area contributed by atoms with Crippen LogP contribution in [0, 0.1) is 5.92 Å². The number of hydrogen-bond donors (Lipinski definition) is 0. The van der Waals surface area contributed by atoms with Crippen LogP contribution in [0.2, 0.25) is 0 Å². The Hall–Kier alpha value is -1.84. The van der Waals surface area contributed by atoms with Gasteiger partial charge in [0.05, 0.1) is 12.2 Å². The van der Waals surface area contributed by atoms with E-state index in [0.29, 0.717) is 24.3 Å². The molecule has 1 unspecified atom stereocenters. The van der Waals surface area contributed by atoms with Crippen LogP contribution in [-0.2, 0) is 16.0 Å². The molecule has 0 amide bonds. The quantitative estimate of drug-likeness (QED) is 0.782. The van der Waals surface area contributed by atoms with E-state index in [0.717, 1.165) is 18.4 Å². The molecule has 1 aliphatic rings. The molecule has 0 bridgehead atoms. The Labute approximate surface area is 125 Å². The van der Waals surface area contributed by atoms with Crippen LogP contribution >= 0.6 is 0 Å². The van der Waals surface area contributed by atoms with Gasteiger partial charge in [0.25, 0.3) is 0 Å². The van der Waals surface area contributed by atoms with Crippen molar-refractivity contribution >= 4 is 11.8 Å². The molecular weight excluding hydrogens is 268 g/mol. The third-order valence-corrected chi connectivity index (χ3v) is 3.62. The zero-order chi connectivity index (χ0) is 15.4. The van der Waals surface area contributed by atoms with Gasteiger partial charge in [-0.2, -0.15) is 0 Å². The van der Waals surface area contributed by atoms with Crippen molar-refractivity contribution in [2.75, 3.05) is 6.61 Å². The molecule has 4 nitrogen and oxygen atoms in total. The fourth-order valence-corrected chi connectivity index (χ4v) is 2.58. The summed E-state index contributed by atoms with van der Waals surface area (Å²) in [6, 6.07) is 5.58. The average molecular weight is 290 g/mol. The average Bonchev–Trinajstić information content (AvgIpc) is 2.44. The van der Waals surface area contributed by atoms with Crippen LogP contribution in [0.25, 0.3) is 0 Å². The molecule has 1 aromatic rings. The van der Waals surface area contributed by atoms with Crippen LogP contribution in [0.1, 0.15) is 49.5 Å². The van der Waals surface area contributed by atoms with Gasteiger partial charge in [-0.3, -0.25) is 4.79 Å². The fraction of sp³-hybridized carbons (Fsp3) is 0.529. The molecule has 21 heavy (non-hydrogen) atoms. The van der Waals surface area contributed by atoms with E-state index in [2.05, 4.69) is 0 Å². The van der Waals surface area contributed by atoms with Crippen LogP contribution in [0.4, 0.5) is 0 Å². The number of carbonyl (C=O) groups excluding carboxylic acids is 2. The Kier molecular flexibility index (Phi) is 4.99. The minimum atomic E-state index is -0.689. The van der Waals surface area contributed by atoms with Gasteiger partial charge in [0, 0.05) is 12.3 Å². The van der Waals surface area contributed by atoms with Crippen LogP contribution in [0.3, 0.4) is 0 Å². The number of aryl methyl sites for hydroxylation is 1. The molecule has 0 saturated heterocycles. The second kappa shape index (κ2) is 6.74. The number of fused-ring (bicyclic) bond motifs is 1. The lowest BCUT2D eigenvalue weighted by Crippen LogP contribution is -2.35. The number of ketones is 1. The van der Waals surface area contributed by atoms with Crippen molar-refractivity contribution in [3.05, 3.63) is 29.3 Å². The summed E-state index contributed by atoms with van der Waals surface area (Å²) in [7, 11) is 0. The first-order valence-electron chi connectivity index (χ1n) is 7.53. The molecule has 4 heteroatoms. The zero-order valence-electron chi connectivity index (χ0n) is 12.8. The van der Waals surface area contributed by atoms with Crippen molar-refractivity contribution in [1.29, 1.82) is 0 Å². The highest BCUT2D eigenvalue weighted by atomic mass is 16.6. The van der Waals surface area contributed by atoms with E-state index < -0.39 is 6.10 Å². The molecule has 0 saturated carbocycles. The molecule has 2 rings (SSSR count). The maximum atomic E-state index is 12.2. The van der Waals surface area contributed by atoms with Crippen molar-refractivity contribution < 1.29 is 19.1 Å². The molecule has 0 radical (unpaired) electrons. The van der Waals surface area contributed by atoms with Gasteiger partial charge >= 0.3 is 5.97 Å². The highest BCUT2D eigenvalue weighted by molar-refractivity contribution is 6.01. The Morgan fingerprint density at radius 2 is 2.05 bits per heavy atom. The molecule has 0 aromatic heterocycles. The number of esters is 1. The van der Waals surface area contributed by atoms with Crippen LogP contribution in [0.15, 0.2) is 18.2 Å². The molecule has 1 atom stereocenters. The lowest BCUT2D eigenvalue weighted by Gasteiger charge is -2.24. The monoisotopic (exact) mass is 290 g/mol. The SMILES string of the molecule is CCOC(=O)C(Oc1cccc2c1C(=O)CCC2)C(C)C. The third kappa shape index (κ3) is 3.43. The Morgan fingerprint density at radius 1 is 1.29 bits per heavy atom. The second-order valence-corrected chi connectivity index (χ2v) is 5.60. The maximum absolute atomic E-state index is 12.2. The minimum absolute atomic E-state index is 0.0291. The van der Waals surface area contributed by atoms with Gasteiger partial charge in [0.1, 0.15) is 5.75 Å². The molecule has 1 aliphatic carbocycles. The molecule has 114 valence electrons. The van der Waals surface area contributed by atoms with Gasteiger partial charge in [-0.15, -0.1) is 0 Å². The van der Waals surface area contributed by atoms with Crippen molar-refractivity contribution in [2.45, 2.75) is 46.1 Å². The number of benzene rings is 1. The van der Waals surface area contributed by atoms with Crippen molar-refractivity contribution in [1.82, 2.24) is 0 Å². The molecule has 0 aliphatic heterocycles. The third-order valence-electron chi connectivity index (χ3n) is 3.62. The van der Waals surface area contributed by atoms with E-state index in [1.807, 2.05) is 26.0 Å². The normalized spacial score (nSPS) is 15.5. The summed E-state index contributed by atoms with van der Waals surface area (Å²) in [5.41, 5.74) is 1.65. The zero-order valence-corrected chi connectivity index (χ0v) is 12.8. The molecular formula is C17H22O4. The van der Waals surface area contributed by atoms with Crippen LogP contribution in [0.5, 0.6) is 5.75 Å². The Balaban J connectivity index is 2.29. The molecule has 0 fully saturated rings. The highest BCUT2D eigenvalue weighted by Crippen LogP contribution is 2.31. The first kappa shape index (κ1) is 15.5. The first-order chi connectivity index (χ1) is 10.0. The summed E-state index contributed by atoms with van der Waals surface area (Å²) < 4.78 is 10.9. The summed E-state index contributed by atoms with van der Waals surface area (Å²) in [5, 5.41) is 0. The lowest BCUT2D eigenvalue weighted by atomic mass is 9.90. The van der Waals surface area contributed by atoms with Crippen molar-refractivity contribution in [3.8, 4) is 5.75 Å². The summed E-state index contributed by atoms with van der Waals surface area (Å²) in [4.78, 5) is 24.2. The van der Waals surface area contributed by atoms with Gasteiger partial charge in [-0.1, -0.05) is 26.0 Å². The van der Waals surface area contributed by atoms with E-state index in [1.165, 1.54) is 0 Å². The van der Waals surface area contributed by atoms with E-state index >= 15 is 0 Å². The van der Waals surface area contributed by atoms with E-state index in [4.69, 9.17) is 9.47 Å². The van der Waals surface area contributed by atoms with Crippen molar-refractivity contribution in [2.24, 2.45) is 5.92 Å². The number of rotatable bonds is 5. The van der Waals surface area contributed by atoms with E-state index in [1.54, 1.807) is 13.0 Å². The molecule has 0 spiro atoms. The van der Waals surface area contributed by atoms with Crippen LogP contribution < -0.4 is 4.74 Å². The summed E-state index contributed by atoms with van der Waals surface area (Å²) >= 11 is 0. The minimum Gasteiger partial charge on any atom is -0.478 e. The van der Waals surface area contributed by atoms with Gasteiger partial charge < -0.3 is 9.47 Å². The molecule has 0 N–H and O–H groups in total. The highest BCUT2D eigenvalue weighted by Gasteiger charge is 2.29. The maximum Gasteiger partial charge on any atom is 0.347 e. The summed E-state index contributed by atoms with van der Waals surface area (Å²) in [6.45, 7) is 5.89. The Bertz CT molecular complexity index is 534. The van der Waals surface area contributed by atoms with Gasteiger partial charge in [0.15, 0.2) is 11.9 Å². The number of hydrogen-bond acceptors (Lipinski definition) is 4. The van der Waals surface area contributed by atoms with Gasteiger partial charge in [-0.25, -0.2) is 4.79 Å². The second-order valence-electron chi connectivity index (χ2n) is 5.60. The van der Waals surface area contributed by atoms with E-state index in [-0.39, 0.29) is 17.7 Å². The molecule has 1 aromatic carbocycles. The smallest absolute Gasteiger partial charge is 0.347 e. The van der Waals surface area contributed by atoms with Gasteiger partial charge in [0.2, 0.25) is 0 Å².